The van der Waals surface area contributed by atoms with Crippen LogP contribution in [0.3, 0.4) is 0 Å². The Balaban J connectivity index is 2.07. The summed E-state index contributed by atoms with van der Waals surface area (Å²) in [5.41, 5.74) is 2.05. The summed E-state index contributed by atoms with van der Waals surface area (Å²) in [6, 6.07) is 13.4. The lowest BCUT2D eigenvalue weighted by Gasteiger charge is -2.23. The van der Waals surface area contributed by atoms with Crippen molar-refractivity contribution in [3.63, 3.8) is 0 Å². The van der Waals surface area contributed by atoms with Crippen LogP contribution in [-0.4, -0.2) is 46.1 Å². The molecule has 0 saturated carbocycles. The van der Waals surface area contributed by atoms with E-state index in [4.69, 9.17) is 4.74 Å². The van der Waals surface area contributed by atoms with Crippen LogP contribution in [0.25, 0.3) is 0 Å². The lowest BCUT2D eigenvalue weighted by atomic mass is 9.97. The number of ether oxygens (including phenoxy) is 1. The van der Waals surface area contributed by atoms with Gasteiger partial charge in [-0.3, -0.25) is 4.72 Å². The Labute approximate surface area is 171 Å². The van der Waals surface area contributed by atoms with Crippen molar-refractivity contribution < 1.29 is 21.6 Å². The van der Waals surface area contributed by atoms with Gasteiger partial charge >= 0.3 is 0 Å². The minimum Gasteiger partial charge on any atom is -0.494 e. The number of para-hydroxylation sites is 2. The number of benzene rings is 2. The standard InChI is InChI=1S/C19H23N3O5S2/c1-4-27-19-12-8-6-10-15(19)18-13-17(20-22(18)29(3,25)26)14-9-5-7-11-16(14)21-28(2,23)24/h5-12,18,21H,4,13H2,1-3H3/t18-/m1/s1. The maximum Gasteiger partial charge on any atom is 0.247 e. The van der Waals surface area contributed by atoms with E-state index in [-0.39, 0.29) is 6.42 Å². The van der Waals surface area contributed by atoms with Crippen molar-refractivity contribution in [1.29, 1.82) is 0 Å². The van der Waals surface area contributed by atoms with Gasteiger partial charge in [-0.15, -0.1) is 0 Å². The number of hydrazone groups is 1. The Hall–Kier alpha value is -2.59. The molecule has 0 unspecified atom stereocenters. The van der Waals surface area contributed by atoms with Gasteiger partial charge in [0.2, 0.25) is 20.0 Å². The summed E-state index contributed by atoms with van der Waals surface area (Å²) in [7, 11) is -7.18. The van der Waals surface area contributed by atoms with Gasteiger partial charge in [-0.1, -0.05) is 36.4 Å². The van der Waals surface area contributed by atoms with E-state index in [9.17, 15) is 16.8 Å². The van der Waals surface area contributed by atoms with E-state index < -0.39 is 26.1 Å². The van der Waals surface area contributed by atoms with Crippen molar-refractivity contribution in [1.82, 2.24) is 4.41 Å². The monoisotopic (exact) mass is 437 g/mol. The third kappa shape index (κ3) is 4.88. The first-order valence-electron chi connectivity index (χ1n) is 8.96. The fourth-order valence-electron chi connectivity index (χ4n) is 3.26. The average molecular weight is 438 g/mol. The normalized spacial score (nSPS) is 17.1. The number of nitrogens with one attached hydrogen (secondary N) is 1. The van der Waals surface area contributed by atoms with Gasteiger partial charge in [0.15, 0.2) is 0 Å². The van der Waals surface area contributed by atoms with E-state index in [2.05, 4.69) is 9.82 Å². The molecule has 0 bridgehead atoms. The molecule has 2 aromatic carbocycles. The van der Waals surface area contributed by atoms with E-state index in [0.29, 0.717) is 34.9 Å². The van der Waals surface area contributed by atoms with Crippen LogP contribution in [0.5, 0.6) is 5.75 Å². The Kier molecular flexibility index (Phi) is 5.85. The molecule has 156 valence electrons. The van der Waals surface area contributed by atoms with E-state index in [0.717, 1.165) is 16.9 Å². The van der Waals surface area contributed by atoms with Crippen LogP contribution in [0.1, 0.15) is 30.5 Å². The number of hydrogen-bond donors (Lipinski definition) is 1. The summed E-state index contributed by atoms with van der Waals surface area (Å²) in [5, 5.41) is 4.35. The van der Waals surface area contributed by atoms with Crippen LogP contribution in [0.4, 0.5) is 5.69 Å². The highest BCUT2D eigenvalue weighted by Gasteiger charge is 2.36. The van der Waals surface area contributed by atoms with Crippen LogP contribution < -0.4 is 9.46 Å². The maximum absolute atomic E-state index is 12.4. The predicted molar refractivity (Wildman–Crippen MR) is 113 cm³/mol. The van der Waals surface area contributed by atoms with Crippen molar-refractivity contribution in [2.45, 2.75) is 19.4 Å². The average Bonchev–Trinajstić information content (AvgIpc) is 3.07. The SMILES string of the molecule is CCOc1ccccc1[C@H]1CC(c2ccccc2NS(C)(=O)=O)=NN1S(C)(=O)=O. The van der Waals surface area contributed by atoms with Gasteiger partial charge in [0.25, 0.3) is 0 Å². The second-order valence-corrected chi connectivity index (χ2v) is 10.3. The molecule has 0 spiro atoms. The molecule has 0 amide bonds. The van der Waals surface area contributed by atoms with Crippen molar-refractivity contribution in [3.8, 4) is 5.75 Å². The molecule has 3 rings (SSSR count). The Bertz CT molecular complexity index is 1140. The van der Waals surface area contributed by atoms with E-state index in [1.807, 2.05) is 25.1 Å². The van der Waals surface area contributed by atoms with E-state index in [1.165, 1.54) is 0 Å². The zero-order chi connectivity index (χ0) is 21.2. The molecule has 1 aliphatic rings. The number of anilines is 1. The number of rotatable bonds is 7. The van der Waals surface area contributed by atoms with E-state index >= 15 is 0 Å². The third-order valence-corrected chi connectivity index (χ3v) is 5.93. The number of hydrogen-bond acceptors (Lipinski definition) is 6. The minimum atomic E-state index is -3.67. The fourth-order valence-corrected chi connectivity index (χ4v) is 4.73. The highest BCUT2D eigenvalue weighted by molar-refractivity contribution is 7.92. The smallest absolute Gasteiger partial charge is 0.247 e. The molecule has 0 aromatic heterocycles. The number of nitrogens with zero attached hydrogens (tertiary/aromatic N) is 2. The first-order chi connectivity index (χ1) is 13.6. The third-order valence-electron chi connectivity index (χ3n) is 4.32. The molecular weight excluding hydrogens is 414 g/mol. The van der Waals surface area contributed by atoms with E-state index in [1.54, 1.807) is 30.3 Å². The van der Waals surface area contributed by atoms with Gasteiger partial charge in [0.05, 0.1) is 36.6 Å². The lowest BCUT2D eigenvalue weighted by molar-refractivity contribution is 0.317. The summed E-state index contributed by atoms with van der Waals surface area (Å²) in [5.74, 6) is 0.590. The Morgan fingerprint density at radius 1 is 1.07 bits per heavy atom. The molecule has 0 radical (unpaired) electrons. The first-order valence-corrected chi connectivity index (χ1v) is 12.7. The summed E-state index contributed by atoms with van der Waals surface area (Å²) < 4.78 is 57.5. The quantitative estimate of drug-likeness (QED) is 0.717. The van der Waals surface area contributed by atoms with Crippen molar-refractivity contribution in [2.24, 2.45) is 5.10 Å². The summed E-state index contributed by atoms with van der Waals surface area (Å²) in [6.45, 7) is 2.30. The molecule has 0 fully saturated rings. The molecule has 8 nitrogen and oxygen atoms in total. The fraction of sp³-hybridized carbons (Fsp3) is 0.316. The number of sulfonamides is 2. The highest BCUT2D eigenvalue weighted by atomic mass is 32.2. The highest BCUT2D eigenvalue weighted by Crippen LogP contribution is 2.39. The van der Waals surface area contributed by atoms with Gasteiger partial charge in [-0.25, -0.2) is 16.8 Å². The molecule has 10 heteroatoms. The molecule has 2 aromatic rings. The second-order valence-electron chi connectivity index (χ2n) is 6.69. The Morgan fingerprint density at radius 3 is 2.38 bits per heavy atom. The second kappa shape index (κ2) is 8.03. The van der Waals surface area contributed by atoms with Gasteiger partial charge in [-0.05, 0) is 19.1 Å². The molecule has 1 heterocycles. The zero-order valence-corrected chi connectivity index (χ0v) is 18.0. The molecule has 0 aliphatic carbocycles. The van der Waals surface area contributed by atoms with Crippen LogP contribution >= 0.6 is 0 Å². The lowest BCUT2D eigenvalue weighted by Crippen LogP contribution is -2.26. The van der Waals surface area contributed by atoms with Crippen molar-refractivity contribution in [3.05, 3.63) is 59.7 Å². The molecule has 1 N–H and O–H groups in total. The van der Waals surface area contributed by atoms with Gasteiger partial charge < -0.3 is 4.74 Å². The Morgan fingerprint density at radius 2 is 1.72 bits per heavy atom. The first kappa shape index (κ1) is 21.1. The van der Waals surface area contributed by atoms with Crippen LogP contribution in [0.2, 0.25) is 0 Å². The molecule has 1 aliphatic heterocycles. The minimum absolute atomic E-state index is 0.277. The van der Waals surface area contributed by atoms with Gasteiger partial charge in [0, 0.05) is 17.5 Å². The summed E-state index contributed by atoms with van der Waals surface area (Å²) in [6.07, 6.45) is 2.43. The van der Waals surface area contributed by atoms with Crippen LogP contribution in [0.15, 0.2) is 53.6 Å². The van der Waals surface area contributed by atoms with Gasteiger partial charge in [-0.2, -0.15) is 9.52 Å². The van der Waals surface area contributed by atoms with Crippen molar-refractivity contribution in [2.75, 3.05) is 23.8 Å². The molecular formula is C19H23N3O5S2. The summed E-state index contributed by atoms with van der Waals surface area (Å²) in [4.78, 5) is 0. The van der Waals surface area contributed by atoms with Crippen LogP contribution in [-0.2, 0) is 20.0 Å². The molecule has 29 heavy (non-hydrogen) atoms. The zero-order valence-electron chi connectivity index (χ0n) is 16.4. The summed E-state index contributed by atoms with van der Waals surface area (Å²) >= 11 is 0. The van der Waals surface area contributed by atoms with Gasteiger partial charge in [0.1, 0.15) is 5.75 Å². The van der Waals surface area contributed by atoms with Crippen LogP contribution in [0, 0.1) is 0 Å². The predicted octanol–water partition coefficient (Wildman–Crippen LogP) is 2.57. The molecule has 1 atom stereocenters. The topological polar surface area (TPSA) is 105 Å². The molecule has 0 saturated heterocycles. The van der Waals surface area contributed by atoms with Crippen molar-refractivity contribution >= 4 is 31.4 Å². The largest absolute Gasteiger partial charge is 0.494 e. The maximum atomic E-state index is 12.4.